The molecule has 0 bridgehead atoms. The average Bonchev–Trinajstić information content (AvgIpc) is 2.41. The maximum absolute atomic E-state index is 11.0. The molecule has 0 unspecified atom stereocenters. The Kier molecular flexibility index (Phi) is 4.31. The number of ether oxygens (including phenoxy) is 1. The predicted octanol–water partition coefficient (Wildman–Crippen LogP) is 3.56. The monoisotopic (exact) mass is 337 g/mol. The molecule has 20 heavy (non-hydrogen) atoms. The first-order chi connectivity index (χ1) is 9.49. The first kappa shape index (κ1) is 14.4. The number of aromatic nitrogens is 1. The van der Waals surface area contributed by atoms with Gasteiger partial charge in [0.1, 0.15) is 5.75 Å². The summed E-state index contributed by atoms with van der Waals surface area (Å²) in [6, 6.07) is 7.85. The summed E-state index contributed by atoms with van der Waals surface area (Å²) in [6.07, 6.45) is 1.49. The van der Waals surface area contributed by atoms with Crippen molar-refractivity contribution in [3.05, 3.63) is 56.8 Å². The number of hydrogen-bond acceptors (Lipinski definition) is 5. The summed E-state index contributed by atoms with van der Waals surface area (Å²) in [4.78, 5) is 14.6. The Bertz CT molecular complexity index is 629. The quantitative estimate of drug-likeness (QED) is 0.680. The topological polar surface area (TPSA) is 91.3 Å². The summed E-state index contributed by atoms with van der Waals surface area (Å²) < 4.78 is 6.05. The molecule has 2 aromatic rings. The summed E-state index contributed by atoms with van der Waals surface area (Å²) in [5.41, 5.74) is 6.31. The highest BCUT2D eigenvalue weighted by Gasteiger charge is 2.18. The zero-order chi connectivity index (χ0) is 14.7. The van der Waals surface area contributed by atoms with Gasteiger partial charge in [-0.1, -0.05) is 6.07 Å². The molecule has 0 aliphatic heterocycles. The van der Waals surface area contributed by atoms with E-state index < -0.39 is 4.92 Å². The van der Waals surface area contributed by atoms with Gasteiger partial charge in [-0.05, 0) is 41.1 Å². The maximum Gasteiger partial charge on any atom is 0.312 e. The Balaban J connectivity index is 2.32. The standard InChI is InChI=1S/C13H12BrN3O3/c1-8(15)11-6-5-9(7-16-11)20-13-10(14)3-2-4-12(13)17(18)19/h2-8H,15H2,1H3/t8-/m0/s1. The van der Waals surface area contributed by atoms with Crippen LogP contribution in [0.5, 0.6) is 11.5 Å². The first-order valence-corrected chi connectivity index (χ1v) is 6.60. The van der Waals surface area contributed by atoms with Crippen LogP contribution in [0.4, 0.5) is 5.69 Å². The van der Waals surface area contributed by atoms with E-state index in [9.17, 15) is 10.1 Å². The highest BCUT2D eigenvalue weighted by molar-refractivity contribution is 9.10. The molecule has 104 valence electrons. The molecule has 1 atom stereocenters. The van der Waals surface area contributed by atoms with Gasteiger partial charge in [-0.2, -0.15) is 0 Å². The van der Waals surface area contributed by atoms with Gasteiger partial charge in [0.05, 0.1) is 21.3 Å². The van der Waals surface area contributed by atoms with Gasteiger partial charge in [0.15, 0.2) is 0 Å². The van der Waals surface area contributed by atoms with Gasteiger partial charge in [0, 0.05) is 12.1 Å². The molecule has 7 heteroatoms. The van der Waals surface area contributed by atoms with Crippen molar-refractivity contribution >= 4 is 21.6 Å². The zero-order valence-electron chi connectivity index (χ0n) is 10.6. The van der Waals surface area contributed by atoms with Crippen LogP contribution >= 0.6 is 15.9 Å². The molecule has 0 spiro atoms. The van der Waals surface area contributed by atoms with Crippen LogP contribution in [-0.2, 0) is 0 Å². The van der Waals surface area contributed by atoms with Crippen molar-refractivity contribution in [2.24, 2.45) is 5.73 Å². The molecule has 0 radical (unpaired) electrons. The van der Waals surface area contributed by atoms with Crippen molar-refractivity contribution in [1.29, 1.82) is 0 Å². The average molecular weight is 338 g/mol. The fourth-order valence-corrected chi connectivity index (χ4v) is 2.02. The number of benzene rings is 1. The number of rotatable bonds is 4. The highest BCUT2D eigenvalue weighted by Crippen LogP contribution is 2.37. The summed E-state index contributed by atoms with van der Waals surface area (Å²) in [5, 5.41) is 11.0. The highest BCUT2D eigenvalue weighted by atomic mass is 79.9. The Morgan fingerprint density at radius 1 is 1.40 bits per heavy atom. The summed E-state index contributed by atoms with van der Waals surface area (Å²) >= 11 is 3.24. The fraction of sp³-hybridized carbons (Fsp3) is 0.154. The van der Waals surface area contributed by atoms with Crippen LogP contribution in [0.1, 0.15) is 18.7 Å². The number of hydrogen-bond donors (Lipinski definition) is 1. The van der Waals surface area contributed by atoms with Crippen LogP contribution < -0.4 is 10.5 Å². The van der Waals surface area contributed by atoms with Crippen LogP contribution in [0.15, 0.2) is 41.0 Å². The second-order valence-electron chi connectivity index (χ2n) is 4.15. The van der Waals surface area contributed by atoms with Crippen LogP contribution in [0.2, 0.25) is 0 Å². The van der Waals surface area contributed by atoms with Gasteiger partial charge in [-0.15, -0.1) is 0 Å². The molecular formula is C13H12BrN3O3. The molecule has 0 amide bonds. The molecular weight excluding hydrogens is 326 g/mol. The number of nitrogens with two attached hydrogens (primary N) is 1. The number of nitro benzene ring substituents is 1. The molecule has 2 N–H and O–H groups in total. The third-order valence-electron chi connectivity index (χ3n) is 2.59. The summed E-state index contributed by atoms with van der Waals surface area (Å²) in [5.74, 6) is 0.553. The second kappa shape index (κ2) is 5.98. The summed E-state index contributed by atoms with van der Waals surface area (Å²) in [7, 11) is 0. The van der Waals surface area contributed by atoms with Gasteiger partial charge in [0.25, 0.3) is 0 Å². The molecule has 0 aliphatic carbocycles. The normalized spacial score (nSPS) is 11.9. The van der Waals surface area contributed by atoms with Crippen molar-refractivity contribution in [1.82, 2.24) is 4.98 Å². The Morgan fingerprint density at radius 3 is 2.70 bits per heavy atom. The van der Waals surface area contributed by atoms with Crippen molar-refractivity contribution in [3.8, 4) is 11.5 Å². The van der Waals surface area contributed by atoms with E-state index in [1.165, 1.54) is 12.3 Å². The van der Waals surface area contributed by atoms with Crippen LogP contribution in [0.25, 0.3) is 0 Å². The van der Waals surface area contributed by atoms with Crippen molar-refractivity contribution < 1.29 is 9.66 Å². The number of nitrogens with zero attached hydrogens (tertiary/aromatic N) is 2. The molecule has 0 fully saturated rings. The maximum atomic E-state index is 11.0. The van der Waals surface area contributed by atoms with Gasteiger partial charge in [-0.25, -0.2) is 0 Å². The molecule has 0 saturated heterocycles. The van der Waals surface area contributed by atoms with E-state index in [0.717, 1.165) is 5.69 Å². The molecule has 1 heterocycles. The van der Waals surface area contributed by atoms with E-state index in [1.807, 2.05) is 6.92 Å². The number of halogens is 1. The fourth-order valence-electron chi connectivity index (χ4n) is 1.58. The molecule has 1 aromatic carbocycles. The lowest BCUT2D eigenvalue weighted by atomic mass is 10.2. The smallest absolute Gasteiger partial charge is 0.312 e. The largest absolute Gasteiger partial charge is 0.447 e. The van der Waals surface area contributed by atoms with Gasteiger partial charge >= 0.3 is 5.69 Å². The first-order valence-electron chi connectivity index (χ1n) is 5.81. The molecule has 0 aliphatic rings. The van der Waals surface area contributed by atoms with Gasteiger partial charge in [0.2, 0.25) is 5.75 Å². The lowest BCUT2D eigenvalue weighted by Gasteiger charge is -2.09. The second-order valence-corrected chi connectivity index (χ2v) is 5.01. The molecule has 6 nitrogen and oxygen atoms in total. The third-order valence-corrected chi connectivity index (χ3v) is 3.21. The van der Waals surface area contributed by atoms with E-state index in [4.69, 9.17) is 10.5 Å². The lowest BCUT2D eigenvalue weighted by Crippen LogP contribution is -2.06. The van der Waals surface area contributed by atoms with Crippen LogP contribution in [0, 0.1) is 10.1 Å². The van der Waals surface area contributed by atoms with Crippen LogP contribution in [-0.4, -0.2) is 9.91 Å². The van der Waals surface area contributed by atoms with Gasteiger partial charge in [-0.3, -0.25) is 15.1 Å². The van der Waals surface area contributed by atoms with Crippen molar-refractivity contribution in [2.75, 3.05) is 0 Å². The van der Waals surface area contributed by atoms with Crippen molar-refractivity contribution in [3.63, 3.8) is 0 Å². The predicted molar refractivity (Wildman–Crippen MR) is 77.7 cm³/mol. The Hall–Kier alpha value is -1.99. The molecule has 2 rings (SSSR count). The van der Waals surface area contributed by atoms with E-state index in [2.05, 4.69) is 20.9 Å². The van der Waals surface area contributed by atoms with Gasteiger partial charge < -0.3 is 10.5 Å². The van der Waals surface area contributed by atoms with E-state index in [1.54, 1.807) is 24.3 Å². The van der Waals surface area contributed by atoms with E-state index >= 15 is 0 Å². The van der Waals surface area contributed by atoms with Crippen LogP contribution in [0.3, 0.4) is 0 Å². The van der Waals surface area contributed by atoms with E-state index in [-0.39, 0.29) is 17.5 Å². The number of nitro groups is 1. The Morgan fingerprint density at radius 2 is 2.15 bits per heavy atom. The SMILES string of the molecule is C[C@H](N)c1ccc(Oc2c(Br)cccc2[N+](=O)[O-])cn1. The third kappa shape index (κ3) is 3.12. The minimum absolute atomic E-state index is 0.115. The molecule has 1 aromatic heterocycles. The van der Waals surface area contributed by atoms with E-state index in [0.29, 0.717) is 10.2 Å². The number of para-hydroxylation sites is 1. The molecule has 0 saturated carbocycles. The minimum Gasteiger partial charge on any atom is -0.447 e. The van der Waals surface area contributed by atoms with Crippen molar-refractivity contribution in [2.45, 2.75) is 13.0 Å². The summed E-state index contributed by atoms with van der Waals surface area (Å²) in [6.45, 7) is 1.82. The minimum atomic E-state index is -0.496. The zero-order valence-corrected chi connectivity index (χ0v) is 12.2. The number of pyridine rings is 1. The lowest BCUT2D eigenvalue weighted by molar-refractivity contribution is -0.385. The Labute approximate surface area is 123 Å².